The van der Waals surface area contributed by atoms with Crippen molar-refractivity contribution in [2.45, 2.75) is 13.8 Å². The average molecular weight is 265 g/mol. The monoisotopic (exact) mass is 265 g/mol. The standard InChI is InChI=1S/C13H19N3O3/c1-3-16(4-2)13(18)15-10-5-7-11(8-6-10)19-9-12(14)17/h5-8H,3-4,9H2,1-2H3,(H2,14,17)(H,15,18). The van der Waals surface area contributed by atoms with Crippen LogP contribution >= 0.6 is 0 Å². The van der Waals surface area contributed by atoms with Crippen LogP contribution in [0.15, 0.2) is 24.3 Å². The largest absolute Gasteiger partial charge is 0.484 e. The number of hydrogen-bond donors (Lipinski definition) is 2. The molecule has 0 radical (unpaired) electrons. The number of carbonyl (C=O) groups excluding carboxylic acids is 2. The highest BCUT2D eigenvalue weighted by Gasteiger charge is 2.09. The molecule has 0 aliphatic carbocycles. The number of nitrogens with two attached hydrogens (primary N) is 1. The van der Waals surface area contributed by atoms with Gasteiger partial charge in [0.1, 0.15) is 5.75 Å². The van der Waals surface area contributed by atoms with Gasteiger partial charge in [-0.1, -0.05) is 0 Å². The molecule has 0 spiro atoms. The van der Waals surface area contributed by atoms with Gasteiger partial charge in [-0.2, -0.15) is 0 Å². The van der Waals surface area contributed by atoms with E-state index in [0.717, 1.165) is 0 Å². The molecule has 1 aromatic rings. The lowest BCUT2D eigenvalue weighted by molar-refractivity contribution is -0.119. The van der Waals surface area contributed by atoms with Crippen LogP contribution in [0.25, 0.3) is 0 Å². The predicted octanol–water partition coefficient (Wildman–Crippen LogP) is 1.42. The van der Waals surface area contributed by atoms with Crippen LogP contribution in [0.2, 0.25) is 0 Å². The molecule has 0 unspecified atom stereocenters. The Bertz CT molecular complexity index is 427. The molecule has 1 rings (SSSR count). The van der Waals surface area contributed by atoms with Crippen molar-refractivity contribution < 1.29 is 14.3 Å². The van der Waals surface area contributed by atoms with Crippen molar-refractivity contribution in [3.8, 4) is 5.75 Å². The van der Waals surface area contributed by atoms with Crippen LogP contribution in [0.3, 0.4) is 0 Å². The Balaban J connectivity index is 2.56. The molecule has 3 N–H and O–H groups in total. The van der Waals surface area contributed by atoms with Crippen molar-refractivity contribution in [1.29, 1.82) is 0 Å². The molecule has 0 saturated heterocycles. The third-order valence-corrected chi connectivity index (χ3v) is 2.54. The Morgan fingerprint density at radius 3 is 2.26 bits per heavy atom. The fourth-order valence-electron chi connectivity index (χ4n) is 1.50. The number of carbonyl (C=O) groups is 2. The zero-order chi connectivity index (χ0) is 14.3. The zero-order valence-corrected chi connectivity index (χ0v) is 11.2. The summed E-state index contributed by atoms with van der Waals surface area (Å²) in [5.74, 6) is -0.00134. The lowest BCUT2D eigenvalue weighted by Gasteiger charge is -2.19. The number of amides is 3. The lowest BCUT2D eigenvalue weighted by atomic mass is 10.3. The van der Waals surface area contributed by atoms with Crippen molar-refractivity contribution >= 4 is 17.6 Å². The first-order chi connectivity index (χ1) is 9.06. The van der Waals surface area contributed by atoms with Crippen LogP contribution in [0.4, 0.5) is 10.5 Å². The van der Waals surface area contributed by atoms with Crippen LogP contribution < -0.4 is 15.8 Å². The van der Waals surface area contributed by atoms with Crippen LogP contribution in [0.1, 0.15) is 13.8 Å². The summed E-state index contributed by atoms with van der Waals surface area (Å²) in [6, 6.07) is 6.60. The van der Waals surface area contributed by atoms with Crippen molar-refractivity contribution in [2.24, 2.45) is 5.73 Å². The van der Waals surface area contributed by atoms with E-state index in [0.29, 0.717) is 24.5 Å². The Hall–Kier alpha value is -2.24. The average Bonchev–Trinajstić information content (AvgIpc) is 2.39. The number of urea groups is 1. The van der Waals surface area contributed by atoms with Crippen molar-refractivity contribution in [1.82, 2.24) is 4.90 Å². The van der Waals surface area contributed by atoms with Gasteiger partial charge in [0.25, 0.3) is 5.91 Å². The number of anilines is 1. The second-order valence-corrected chi connectivity index (χ2v) is 3.88. The van der Waals surface area contributed by atoms with E-state index in [9.17, 15) is 9.59 Å². The van der Waals surface area contributed by atoms with Gasteiger partial charge in [-0.25, -0.2) is 4.79 Å². The van der Waals surface area contributed by atoms with E-state index in [4.69, 9.17) is 10.5 Å². The Kier molecular flexibility index (Phi) is 5.66. The molecule has 0 aliphatic rings. The highest BCUT2D eigenvalue weighted by molar-refractivity contribution is 5.89. The molecule has 0 atom stereocenters. The summed E-state index contributed by atoms with van der Waals surface area (Å²) >= 11 is 0. The van der Waals surface area contributed by atoms with Gasteiger partial charge in [-0.3, -0.25) is 4.79 Å². The van der Waals surface area contributed by atoms with Crippen LogP contribution in [-0.2, 0) is 4.79 Å². The number of nitrogens with one attached hydrogen (secondary N) is 1. The number of rotatable bonds is 6. The molecule has 0 aliphatic heterocycles. The molecule has 3 amide bonds. The van der Waals surface area contributed by atoms with Gasteiger partial charge in [-0.15, -0.1) is 0 Å². The minimum atomic E-state index is -0.529. The summed E-state index contributed by atoms with van der Waals surface area (Å²) in [6.45, 7) is 4.99. The Morgan fingerprint density at radius 2 is 1.79 bits per heavy atom. The smallest absolute Gasteiger partial charge is 0.321 e. The summed E-state index contributed by atoms with van der Waals surface area (Å²) in [5, 5.41) is 2.78. The van der Waals surface area contributed by atoms with Gasteiger partial charge in [0.05, 0.1) is 0 Å². The molecule has 0 heterocycles. The third-order valence-electron chi connectivity index (χ3n) is 2.54. The zero-order valence-electron chi connectivity index (χ0n) is 11.2. The predicted molar refractivity (Wildman–Crippen MR) is 73.1 cm³/mol. The molecule has 0 aromatic heterocycles. The van der Waals surface area contributed by atoms with E-state index in [1.165, 1.54) is 0 Å². The van der Waals surface area contributed by atoms with E-state index in [1.54, 1.807) is 29.2 Å². The third kappa shape index (κ3) is 4.87. The maximum atomic E-state index is 11.8. The topological polar surface area (TPSA) is 84.7 Å². The molecule has 0 fully saturated rings. The fourth-order valence-corrected chi connectivity index (χ4v) is 1.50. The number of benzene rings is 1. The van der Waals surface area contributed by atoms with Crippen LogP contribution in [-0.4, -0.2) is 36.5 Å². The first-order valence-corrected chi connectivity index (χ1v) is 6.13. The number of ether oxygens (including phenoxy) is 1. The minimum absolute atomic E-state index is 0.143. The summed E-state index contributed by atoms with van der Waals surface area (Å²) in [6.07, 6.45) is 0. The molecular formula is C13H19N3O3. The SMILES string of the molecule is CCN(CC)C(=O)Nc1ccc(OCC(N)=O)cc1. The number of hydrogen-bond acceptors (Lipinski definition) is 3. The molecule has 1 aromatic carbocycles. The second kappa shape index (κ2) is 7.25. The highest BCUT2D eigenvalue weighted by atomic mass is 16.5. The summed E-state index contributed by atoms with van der Waals surface area (Å²) in [5.41, 5.74) is 5.64. The van der Waals surface area contributed by atoms with Gasteiger partial charge in [-0.05, 0) is 38.1 Å². The first kappa shape index (κ1) is 14.8. The van der Waals surface area contributed by atoms with Crippen molar-refractivity contribution in [2.75, 3.05) is 25.0 Å². The summed E-state index contributed by atoms with van der Waals surface area (Å²) < 4.78 is 5.12. The number of nitrogens with zero attached hydrogens (tertiary/aromatic N) is 1. The molecule has 104 valence electrons. The van der Waals surface area contributed by atoms with Gasteiger partial charge in [0, 0.05) is 18.8 Å². The van der Waals surface area contributed by atoms with E-state index in [-0.39, 0.29) is 12.6 Å². The maximum absolute atomic E-state index is 11.8. The second-order valence-electron chi connectivity index (χ2n) is 3.88. The molecule has 0 saturated carbocycles. The fraction of sp³-hybridized carbons (Fsp3) is 0.385. The Morgan fingerprint density at radius 1 is 1.21 bits per heavy atom. The highest BCUT2D eigenvalue weighted by Crippen LogP contribution is 2.15. The van der Waals surface area contributed by atoms with Gasteiger partial charge < -0.3 is 20.7 Å². The van der Waals surface area contributed by atoms with E-state index >= 15 is 0 Å². The van der Waals surface area contributed by atoms with E-state index in [1.807, 2.05) is 13.8 Å². The molecule has 0 bridgehead atoms. The summed E-state index contributed by atoms with van der Waals surface area (Å²) in [4.78, 5) is 24.0. The van der Waals surface area contributed by atoms with Crippen molar-refractivity contribution in [3.05, 3.63) is 24.3 Å². The van der Waals surface area contributed by atoms with E-state index < -0.39 is 5.91 Å². The molecular weight excluding hydrogens is 246 g/mol. The van der Waals surface area contributed by atoms with Crippen LogP contribution in [0, 0.1) is 0 Å². The first-order valence-electron chi connectivity index (χ1n) is 6.13. The van der Waals surface area contributed by atoms with Crippen molar-refractivity contribution in [3.63, 3.8) is 0 Å². The van der Waals surface area contributed by atoms with Crippen LogP contribution in [0.5, 0.6) is 5.75 Å². The molecule has 6 nitrogen and oxygen atoms in total. The van der Waals surface area contributed by atoms with Gasteiger partial charge in [0.15, 0.2) is 6.61 Å². The van der Waals surface area contributed by atoms with Gasteiger partial charge >= 0.3 is 6.03 Å². The summed E-state index contributed by atoms with van der Waals surface area (Å²) in [7, 11) is 0. The van der Waals surface area contributed by atoms with E-state index in [2.05, 4.69) is 5.32 Å². The minimum Gasteiger partial charge on any atom is -0.484 e. The van der Waals surface area contributed by atoms with Gasteiger partial charge in [0.2, 0.25) is 0 Å². The molecule has 19 heavy (non-hydrogen) atoms. The quantitative estimate of drug-likeness (QED) is 0.815. The lowest BCUT2D eigenvalue weighted by Crippen LogP contribution is -2.34. The maximum Gasteiger partial charge on any atom is 0.321 e. The Labute approximate surface area is 112 Å². The normalized spacial score (nSPS) is 9.79. The molecule has 6 heteroatoms. The number of primary amides is 1.